The molecule has 3 aromatic carbocycles. The topological polar surface area (TPSA) is 46.6 Å². The number of Topliss-reactive ketones (excluding diaryl/α,β-unsaturated/α-hetero) is 1. The lowest BCUT2D eigenvalue weighted by molar-refractivity contribution is -0.133. The van der Waals surface area contributed by atoms with Crippen LogP contribution in [-0.4, -0.2) is 30.2 Å². The molecule has 4 nitrogen and oxygen atoms in total. The second-order valence-corrected chi connectivity index (χ2v) is 6.82. The van der Waals surface area contributed by atoms with Gasteiger partial charge < -0.3 is 9.64 Å². The molecule has 0 fully saturated rings. The molecule has 0 unspecified atom stereocenters. The van der Waals surface area contributed by atoms with Crippen molar-refractivity contribution in [3.05, 3.63) is 102 Å². The predicted molar refractivity (Wildman–Crippen MR) is 114 cm³/mol. The number of hydrogen-bond donors (Lipinski definition) is 0. The smallest absolute Gasteiger partial charge is 0.261 e. The summed E-state index contributed by atoms with van der Waals surface area (Å²) < 4.78 is 5.68. The number of nitrogens with zero attached hydrogens (tertiary/aromatic N) is 1. The summed E-state index contributed by atoms with van der Waals surface area (Å²) in [5.74, 6) is 0.521. The molecule has 0 bridgehead atoms. The van der Waals surface area contributed by atoms with E-state index in [1.54, 1.807) is 36.2 Å². The fraction of sp³-hybridized carbons (Fsp3) is 0.200. The number of rotatable bonds is 8. The average Bonchev–Trinajstić information content (AvgIpc) is 2.79. The summed E-state index contributed by atoms with van der Waals surface area (Å²) >= 11 is 0. The van der Waals surface area contributed by atoms with Gasteiger partial charge in [0.2, 0.25) is 0 Å². The van der Waals surface area contributed by atoms with E-state index >= 15 is 0 Å². The lowest BCUT2D eigenvalue weighted by atomic mass is 9.97. The maximum atomic E-state index is 12.9. The SMILES string of the molecule is CCC(=O)c1ccc(OCC(=O)N(C)C(c2ccccc2)c2ccccc2)cc1. The summed E-state index contributed by atoms with van der Waals surface area (Å²) in [5, 5.41) is 0. The van der Waals surface area contributed by atoms with E-state index in [1.165, 1.54) is 0 Å². The van der Waals surface area contributed by atoms with Crippen molar-refractivity contribution in [2.24, 2.45) is 0 Å². The summed E-state index contributed by atoms with van der Waals surface area (Å²) in [5.41, 5.74) is 2.73. The van der Waals surface area contributed by atoms with Crippen molar-refractivity contribution in [3.8, 4) is 5.75 Å². The molecule has 3 rings (SSSR count). The molecule has 4 heteroatoms. The molecule has 0 N–H and O–H groups in total. The van der Waals surface area contributed by atoms with Gasteiger partial charge in [-0.2, -0.15) is 0 Å². The van der Waals surface area contributed by atoms with Crippen LogP contribution in [-0.2, 0) is 4.79 Å². The quantitative estimate of drug-likeness (QED) is 0.516. The van der Waals surface area contributed by atoms with Crippen molar-refractivity contribution >= 4 is 11.7 Å². The second kappa shape index (κ2) is 9.69. The van der Waals surface area contributed by atoms with E-state index in [4.69, 9.17) is 4.74 Å². The first-order chi connectivity index (χ1) is 14.1. The Labute approximate surface area is 171 Å². The summed E-state index contributed by atoms with van der Waals surface area (Å²) in [4.78, 5) is 26.3. The summed E-state index contributed by atoms with van der Waals surface area (Å²) in [6.07, 6.45) is 0.462. The van der Waals surface area contributed by atoms with Crippen LogP contribution in [0.25, 0.3) is 0 Å². The van der Waals surface area contributed by atoms with Gasteiger partial charge in [-0.05, 0) is 35.4 Å². The number of carbonyl (C=O) groups is 2. The first-order valence-corrected chi connectivity index (χ1v) is 9.71. The maximum absolute atomic E-state index is 12.9. The van der Waals surface area contributed by atoms with Crippen LogP contribution in [0.4, 0.5) is 0 Å². The molecular formula is C25H25NO3. The Hall–Kier alpha value is -3.40. The van der Waals surface area contributed by atoms with E-state index in [2.05, 4.69) is 0 Å². The molecule has 0 aliphatic rings. The predicted octanol–water partition coefficient (Wildman–Crippen LogP) is 4.91. The Morgan fingerprint density at radius 1 is 0.828 bits per heavy atom. The molecule has 0 saturated carbocycles. The van der Waals surface area contributed by atoms with Gasteiger partial charge in [0.25, 0.3) is 5.91 Å². The van der Waals surface area contributed by atoms with Crippen molar-refractivity contribution in [3.63, 3.8) is 0 Å². The zero-order valence-corrected chi connectivity index (χ0v) is 16.7. The van der Waals surface area contributed by atoms with Gasteiger partial charge in [0, 0.05) is 19.0 Å². The number of benzene rings is 3. The highest BCUT2D eigenvalue weighted by Crippen LogP contribution is 2.27. The van der Waals surface area contributed by atoms with Crippen LogP contribution in [0.2, 0.25) is 0 Å². The van der Waals surface area contributed by atoms with Crippen molar-refractivity contribution in [2.75, 3.05) is 13.7 Å². The third kappa shape index (κ3) is 5.11. The maximum Gasteiger partial charge on any atom is 0.261 e. The summed E-state index contributed by atoms with van der Waals surface area (Å²) in [6.45, 7) is 1.75. The standard InChI is InChI=1S/C25H25NO3/c1-3-23(27)19-14-16-22(17-15-19)29-18-24(28)26(2)25(20-10-6-4-7-11-20)21-12-8-5-9-13-21/h4-17,25H,3,18H2,1-2H3. The van der Waals surface area contributed by atoms with E-state index in [1.807, 2.05) is 67.6 Å². The van der Waals surface area contributed by atoms with Crippen LogP contribution in [0.15, 0.2) is 84.9 Å². The first-order valence-electron chi connectivity index (χ1n) is 9.71. The highest BCUT2D eigenvalue weighted by atomic mass is 16.5. The Balaban J connectivity index is 1.72. The van der Waals surface area contributed by atoms with Crippen molar-refractivity contribution in [1.29, 1.82) is 0 Å². The number of hydrogen-bond acceptors (Lipinski definition) is 3. The molecule has 0 heterocycles. The Kier molecular flexibility index (Phi) is 6.80. The Morgan fingerprint density at radius 3 is 1.83 bits per heavy atom. The van der Waals surface area contributed by atoms with E-state index < -0.39 is 0 Å². The zero-order valence-electron chi connectivity index (χ0n) is 16.7. The molecule has 3 aromatic rings. The minimum atomic E-state index is -0.196. The number of amides is 1. The molecule has 0 spiro atoms. The van der Waals surface area contributed by atoms with Gasteiger partial charge in [-0.3, -0.25) is 9.59 Å². The number of ketones is 1. The van der Waals surface area contributed by atoms with Crippen LogP contribution < -0.4 is 4.74 Å². The number of ether oxygens (including phenoxy) is 1. The lowest BCUT2D eigenvalue weighted by Crippen LogP contribution is -2.35. The van der Waals surface area contributed by atoms with E-state index in [0.29, 0.717) is 17.7 Å². The fourth-order valence-electron chi connectivity index (χ4n) is 3.24. The zero-order chi connectivity index (χ0) is 20.6. The third-order valence-electron chi connectivity index (χ3n) is 4.87. The van der Waals surface area contributed by atoms with Gasteiger partial charge in [0.05, 0.1) is 6.04 Å². The molecule has 0 radical (unpaired) electrons. The third-order valence-corrected chi connectivity index (χ3v) is 4.87. The number of likely N-dealkylation sites (N-methyl/N-ethyl adjacent to an activating group) is 1. The molecule has 0 aliphatic carbocycles. The van der Waals surface area contributed by atoms with Gasteiger partial charge in [-0.15, -0.1) is 0 Å². The van der Waals surface area contributed by atoms with Gasteiger partial charge >= 0.3 is 0 Å². The minimum Gasteiger partial charge on any atom is -0.484 e. The molecule has 29 heavy (non-hydrogen) atoms. The van der Waals surface area contributed by atoms with Crippen LogP contribution in [0.1, 0.15) is 40.9 Å². The second-order valence-electron chi connectivity index (χ2n) is 6.82. The minimum absolute atomic E-state index is 0.0757. The lowest BCUT2D eigenvalue weighted by Gasteiger charge is -2.29. The molecular weight excluding hydrogens is 362 g/mol. The molecule has 148 valence electrons. The largest absolute Gasteiger partial charge is 0.484 e. The first kappa shape index (κ1) is 20.3. The van der Waals surface area contributed by atoms with Crippen LogP contribution in [0.3, 0.4) is 0 Å². The fourth-order valence-corrected chi connectivity index (χ4v) is 3.24. The Bertz CT molecular complexity index is 897. The monoisotopic (exact) mass is 387 g/mol. The summed E-state index contributed by atoms with van der Waals surface area (Å²) in [6, 6.07) is 26.6. The van der Waals surface area contributed by atoms with Crippen molar-refractivity contribution in [2.45, 2.75) is 19.4 Å². The van der Waals surface area contributed by atoms with Gasteiger partial charge in [0.15, 0.2) is 12.4 Å². The van der Waals surface area contributed by atoms with Crippen LogP contribution in [0, 0.1) is 0 Å². The van der Waals surface area contributed by atoms with Gasteiger partial charge in [0.1, 0.15) is 5.75 Å². The van der Waals surface area contributed by atoms with Crippen molar-refractivity contribution < 1.29 is 14.3 Å². The van der Waals surface area contributed by atoms with Crippen LogP contribution in [0.5, 0.6) is 5.75 Å². The van der Waals surface area contributed by atoms with Gasteiger partial charge in [-0.25, -0.2) is 0 Å². The van der Waals surface area contributed by atoms with Crippen LogP contribution >= 0.6 is 0 Å². The number of carbonyl (C=O) groups excluding carboxylic acids is 2. The van der Waals surface area contributed by atoms with E-state index in [9.17, 15) is 9.59 Å². The van der Waals surface area contributed by atoms with E-state index in [-0.39, 0.29) is 24.3 Å². The molecule has 0 saturated heterocycles. The molecule has 0 aliphatic heterocycles. The van der Waals surface area contributed by atoms with Crippen molar-refractivity contribution in [1.82, 2.24) is 4.90 Å². The highest BCUT2D eigenvalue weighted by Gasteiger charge is 2.23. The molecule has 0 atom stereocenters. The highest BCUT2D eigenvalue weighted by molar-refractivity contribution is 5.95. The normalized spacial score (nSPS) is 10.6. The summed E-state index contributed by atoms with van der Waals surface area (Å²) in [7, 11) is 1.79. The van der Waals surface area contributed by atoms with E-state index in [0.717, 1.165) is 11.1 Å². The van der Waals surface area contributed by atoms with Gasteiger partial charge in [-0.1, -0.05) is 67.6 Å². The Morgan fingerprint density at radius 2 is 1.34 bits per heavy atom. The average molecular weight is 387 g/mol. The molecule has 1 amide bonds. The molecule has 0 aromatic heterocycles.